The number of alkyl halides is 2. The Labute approximate surface area is 175 Å². The van der Waals surface area contributed by atoms with Gasteiger partial charge in [0.2, 0.25) is 5.91 Å². The molecule has 2 aromatic rings. The van der Waals surface area contributed by atoms with E-state index in [2.05, 4.69) is 20.4 Å². The summed E-state index contributed by atoms with van der Waals surface area (Å²) in [5.41, 5.74) is 1.62. The number of hydrogen-bond donors (Lipinski definition) is 2. The van der Waals surface area contributed by atoms with Gasteiger partial charge in [0.25, 0.3) is 0 Å². The van der Waals surface area contributed by atoms with E-state index < -0.39 is 6.61 Å². The number of hydrogen-bond acceptors (Lipinski definition) is 3. The fraction of sp³-hybridized carbons (Fsp3) is 0.364. The summed E-state index contributed by atoms with van der Waals surface area (Å²) in [4.78, 5) is 18.4. The van der Waals surface area contributed by atoms with Crippen molar-refractivity contribution in [2.45, 2.75) is 33.0 Å². The molecule has 0 unspecified atom stereocenters. The molecule has 0 saturated carbocycles. The minimum absolute atomic E-state index is 0.0119. The Balaban J connectivity index is 1.87. The fourth-order valence-electron chi connectivity index (χ4n) is 2.78. The maximum Gasteiger partial charge on any atom is 0.387 e. The largest absolute Gasteiger partial charge is 0.434 e. The number of halogens is 2. The summed E-state index contributed by atoms with van der Waals surface area (Å²) in [6.45, 7) is 0.779. The van der Waals surface area contributed by atoms with Gasteiger partial charge < -0.3 is 20.3 Å². The number of ether oxygens (including phenoxy) is 1. The number of aliphatic imine (C=N–C) groups is 1. The number of benzene rings is 2. The average molecular weight is 418 g/mol. The van der Waals surface area contributed by atoms with Crippen molar-refractivity contribution < 1.29 is 18.3 Å². The number of amides is 1. The van der Waals surface area contributed by atoms with Gasteiger partial charge in [-0.05, 0) is 18.6 Å². The molecule has 8 heteroatoms. The molecular weight excluding hydrogens is 390 g/mol. The first-order valence-electron chi connectivity index (χ1n) is 9.82. The third-order valence-corrected chi connectivity index (χ3v) is 4.26. The van der Waals surface area contributed by atoms with Crippen LogP contribution >= 0.6 is 0 Å². The van der Waals surface area contributed by atoms with E-state index in [0.717, 1.165) is 5.56 Å². The van der Waals surface area contributed by atoms with E-state index in [9.17, 15) is 13.6 Å². The van der Waals surface area contributed by atoms with Gasteiger partial charge in [0, 0.05) is 38.7 Å². The quantitative estimate of drug-likeness (QED) is 0.459. The number of rotatable bonds is 10. The van der Waals surface area contributed by atoms with Crippen LogP contribution in [0.15, 0.2) is 59.6 Å². The zero-order chi connectivity index (χ0) is 21.8. The van der Waals surface area contributed by atoms with Crippen LogP contribution in [0.4, 0.5) is 8.78 Å². The van der Waals surface area contributed by atoms with Gasteiger partial charge in [-0.1, -0.05) is 48.5 Å². The molecule has 0 atom stereocenters. The third-order valence-electron chi connectivity index (χ3n) is 4.26. The highest BCUT2D eigenvalue weighted by atomic mass is 19.3. The van der Waals surface area contributed by atoms with E-state index in [1.807, 2.05) is 37.3 Å². The van der Waals surface area contributed by atoms with Crippen molar-refractivity contribution in [2.75, 3.05) is 20.1 Å². The van der Waals surface area contributed by atoms with Crippen LogP contribution in [0.25, 0.3) is 0 Å². The molecule has 162 valence electrons. The number of carbonyl (C=O) groups is 1. The zero-order valence-corrected chi connectivity index (χ0v) is 17.3. The number of nitrogens with one attached hydrogen (secondary N) is 2. The number of carbonyl (C=O) groups excluding carboxylic acids is 1. The molecule has 0 saturated heterocycles. The van der Waals surface area contributed by atoms with Gasteiger partial charge in [-0.3, -0.25) is 4.79 Å². The highest BCUT2D eigenvalue weighted by molar-refractivity contribution is 5.81. The topological polar surface area (TPSA) is 66.0 Å². The Hall–Kier alpha value is -3.16. The molecule has 2 rings (SSSR count). The Kier molecular flexibility index (Phi) is 9.57. The van der Waals surface area contributed by atoms with Crippen LogP contribution in [0, 0.1) is 0 Å². The lowest BCUT2D eigenvalue weighted by atomic mass is 10.2. The molecule has 0 aromatic heterocycles. The van der Waals surface area contributed by atoms with Crippen molar-refractivity contribution in [3.63, 3.8) is 0 Å². The van der Waals surface area contributed by atoms with Crippen LogP contribution in [-0.2, 0) is 17.9 Å². The highest BCUT2D eigenvalue weighted by Crippen LogP contribution is 2.20. The van der Waals surface area contributed by atoms with Crippen molar-refractivity contribution in [2.24, 2.45) is 4.99 Å². The first-order chi connectivity index (χ1) is 14.5. The normalized spacial score (nSPS) is 11.3. The summed E-state index contributed by atoms with van der Waals surface area (Å²) in [5.74, 6) is 0.616. The van der Waals surface area contributed by atoms with Gasteiger partial charge in [-0.15, -0.1) is 0 Å². The van der Waals surface area contributed by atoms with Crippen molar-refractivity contribution >= 4 is 11.9 Å². The lowest BCUT2D eigenvalue weighted by Gasteiger charge is -2.18. The molecule has 0 radical (unpaired) electrons. The monoisotopic (exact) mass is 418 g/mol. The first kappa shape index (κ1) is 23.1. The Morgan fingerprint density at radius 3 is 2.50 bits per heavy atom. The number of nitrogens with zero attached hydrogens (tertiary/aromatic N) is 2. The Morgan fingerprint density at radius 1 is 1.10 bits per heavy atom. The maximum absolute atomic E-state index is 12.5. The zero-order valence-electron chi connectivity index (χ0n) is 17.3. The molecule has 1 amide bonds. The molecule has 2 N–H and O–H groups in total. The van der Waals surface area contributed by atoms with Crippen LogP contribution in [0.1, 0.15) is 24.5 Å². The van der Waals surface area contributed by atoms with E-state index in [4.69, 9.17) is 0 Å². The van der Waals surface area contributed by atoms with Gasteiger partial charge >= 0.3 is 6.61 Å². The van der Waals surface area contributed by atoms with Gasteiger partial charge in [0.1, 0.15) is 5.75 Å². The predicted molar refractivity (Wildman–Crippen MR) is 113 cm³/mol. The molecule has 0 aliphatic heterocycles. The first-order valence-corrected chi connectivity index (χ1v) is 9.82. The van der Waals surface area contributed by atoms with Crippen molar-refractivity contribution in [1.29, 1.82) is 0 Å². The van der Waals surface area contributed by atoms with Gasteiger partial charge in [0.15, 0.2) is 5.96 Å². The smallest absolute Gasteiger partial charge is 0.387 e. The standard InChI is InChI=1S/C22H28F2N4O2/c1-3-25-22(27-15-18-11-7-8-12-19(18)30-21(23)24)26-14-13-20(29)28(2)16-17-9-5-4-6-10-17/h4-12,21H,3,13-16H2,1-2H3,(H2,25,26,27). The van der Waals surface area contributed by atoms with Crippen LogP contribution in [-0.4, -0.2) is 43.5 Å². The molecule has 0 spiro atoms. The van der Waals surface area contributed by atoms with Crippen molar-refractivity contribution in [3.05, 3.63) is 65.7 Å². The predicted octanol–water partition coefficient (Wildman–Crippen LogP) is 3.39. The molecule has 0 fully saturated rings. The number of para-hydroxylation sites is 1. The SMILES string of the molecule is CCNC(=NCc1ccccc1OC(F)F)NCCC(=O)N(C)Cc1ccccc1. The van der Waals surface area contributed by atoms with E-state index in [1.54, 1.807) is 30.1 Å². The Bertz CT molecular complexity index is 816. The summed E-state index contributed by atoms with van der Waals surface area (Å²) >= 11 is 0. The van der Waals surface area contributed by atoms with E-state index in [1.165, 1.54) is 6.07 Å². The molecule has 0 aliphatic carbocycles. The van der Waals surface area contributed by atoms with Crippen LogP contribution in [0.5, 0.6) is 5.75 Å². The molecule has 0 bridgehead atoms. The number of guanidine groups is 1. The lowest BCUT2D eigenvalue weighted by molar-refractivity contribution is -0.130. The minimum Gasteiger partial charge on any atom is -0.434 e. The lowest BCUT2D eigenvalue weighted by Crippen LogP contribution is -2.39. The summed E-state index contributed by atoms with van der Waals surface area (Å²) in [6, 6.07) is 16.3. The van der Waals surface area contributed by atoms with E-state index >= 15 is 0 Å². The van der Waals surface area contributed by atoms with Crippen LogP contribution in [0.3, 0.4) is 0 Å². The summed E-state index contributed by atoms with van der Waals surface area (Å²) in [5, 5.41) is 6.18. The molecule has 0 heterocycles. The Morgan fingerprint density at radius 2 is 1.80 bits per heavy atom. The van der Waals surface area contributed by atoms with Gasteiger partial charge in [-0.25, -0.2) is 4.99 Å². The van der Waals surface area contributed by atoms with Crippen LogP contribution in [0.2, 0.25) is 0 Å². The van der Waals surface area contributed by atoms with Crippen molar-refractivity contribution in [3.8, 4) is 5.75 Å². The van der Waals surface area contributed by atoms with E-state index in [-0.39, 0.29) is 18.2 Å². The minimum atomic E-state index is -2.89. The van der Waals surface area contributed by atoms with Gasteiger partial charge in [0.05, 0.1) is 6.54 Å². The maximum atomic E-state index is 12.5. The van der Waals surface area contributed by atoms with Crippen LogP contribution < -0.4 is 15.4 Å². The molecule has 2 aromatic carbocycles. The second kappa shape index (κ2) is 12.4. The summed E-state index contributed by atoms with van der Waals surface area (Å²) in [7, 11) is 1.77. The summed E-state index contributed by atoms with van der Waals surface area (Å²) < 4.78 is 29.6. The van der Waals surface area contributed by atoms with E-state index in [0.29, 0.717) is 37.6 Å². The average Bonchev–Trinajstić information content (AvgIpc) is 2.73. The molecule has 6 nitrogen and oxygen atoms in total. The third kappa shape index (κ3) is 8.06. The second-order valence-corrected chi connectivity index (χ2v) is 6.59. The van der Waals surface area contributed by atoms with Crippen molar-refractivity contribution in [1.82, 2.24) is 15.5 Å². The fourth-order valence-corrected chi connectivity index (χ4v) is 2.78. The second-order valence-electron chi connectivity index (χ2n) is 6.59. The summed E-state index contributed by atoms with van der Waals surface area (Å²) in [6.07, 6.45) is 0.304. The molecule has 30 heavy (non-hydrogen) atoms. The molecular formula is C22H28F2N4O2. The molecule has 0 aliphatic rings. The van der Waals surface area contributed by atoms with Gasteiger partial charge in [-0.2, -0.15) is 8.78 Å². The highest BCUT2D eigenvalue weighted by Gasteiger charge is 2.11.